The highest BCUT2D eigenvalue weighted by Gasteiger charge is 2.35. The third-order valence-electron chi connectivity index (χ3n) is 7.53. The normalized spacial score (nSPS) is 22.5. The Balaban J connectivity index is 1.30. The van der Waals surface area contributed by atoms with Gasteiger partial charge in [-0.15, -0.1) is 0 Å². The lowest BCUT2D eigenvalue weighted by molar-refractivity contribution is -0.125. The maximum Gasteiger partial charge on any atom is 0.166 e. The van der Waals surface area contributed by atoms with E-state index >= 15 is 0 Å². The van der Waals surface area contributed by atoms with Gasteiger partial charge in [0, 0.05) is 37.4 Å². The van der Waals surface area contributed by atoms with Crippen LogP contribution in [0.3, 0.4) is 0 Å². The van der Waals surface area contributed by atoms with Gasteiger partial charge >= 0.3 is 0 Å². The SMILES string of the molecule is O=C(CCc1ccc(C2CC(c3ccccc3)=CC2C(=O)C2=CC=CC2)cc1)C1CCOCC1. The molecule has 34 heavy (non-hydrogen) atoms. The Morgan fingerprint density at radius 2 is 1.71 bits per heavy atom. The van der Waals surface area contributed by atoms with Crippen LogP contribution in [-0.2, 0) is 20.7 Å². The Hall–Kier alpha value is -3.04. The number of hydrogen-bond acceptors (Lipinski definition) is 3. The molecule has 0 saturated carbocycles. The molecule has 1 aliphatic heterocycles. The van der Waals surface area contributed by atoms with E-state index in [1.165, 1.54) is 22.3 Å². The highest BCUT2D eigenvalue weighted by molar-refractivity contribution is 6.01. The third kappa shape index (κ3) is 5.05. The van der Waals surface area contributed by atoms with E-state index in [0.717, 1.165) is 37.7 Å². The number of carbonyl (C=O) groups excluding carboxylic acids is 2. The molecule has 174 valence electrons. The minimum Gasteiger partial charge on any atom is -0.381 e. The zero-order valence-corrected chi connectivity index (χ0v) is 19.6. The van der Waals surface area contributed by atoms with Crippen LogP contribution >= 0.6 is 0 Å². The molecule has 0 spiro atoms. The quantitative estimate of drug-likeness (QED) is 0.475. The Kier molecular flexibility index (Phi) is 7.01. The van der Waals surface area contributed by atoms with E-state index < -0.39 is 0 Å². The molecule has 0 bridgehead atoms. The van der Waals surface area contributed by atoms with Gasteiger partial charge in [0.2, 0.25) is 0 Å². The minimum absolute atomic E-state index is 0.137. The molecule has 1 heterocycles. The Labute approximate surface area is 202 Å². The second-order valence-electron chi connectivity index (χ2n) is 9.68. The monoisotopic (exact) mass is 452 g/mol. The largest absolute Gasteiger partial charge is 0.381 e. The van der Waals surface area contributed by atoms with Crippen LogP contribution in [0, 0.1) is 11.8 Å². The molecule has 2 aliphatic carbocycles. The maximum absolute atomic E-state index is 13.4. The van der Waals surface area contributed by atoms with Gasteiger partial charge in [0.25, 0.3) is 0 Å². The summed E-state index contributed by atoms with van der Waals surface area (Å²) in [6.45, 7) is 1.41. The van der Waals surface area contributed by atoms with Gasteiger partial charge in [-0.1, -0.05) is 78.9 Å². The van der Waals surface area contributed by atoms with Crippen LogP contribution in [0.5, 0.6) is 0 Å². The Morgan fingerprint density at radius 1 is 0.941 bits per heavy atom. The third-order valence-corrected chi connectivity index (χ3v) is 7.53. The van der Waals surface area contributed by atoms with Gasteiger partial charge in [0.15, 0.2) is 5.78 Å². The van der Waals surface area contributed by atoms with Crippen LogP contribution in [0.1, 0.15) is 54.7 Å². The summed E-state index contributed by atoms with van der Waals surface area (Å²) in [7, 11) is 0. The van der Waals surface area contributed by atoms with Gasteiger partial charge in [0.05, 0.1) is 0 Å². The fourth-order valence-corrected chi connectivity index (χ4v) is 5.48. The second-order valence-corrected chi connectivity index (χ2v) is 9.68. The summed E-state index contributed by atoms with van der Waals surface area (Å²) in [5.41, 5.74) is 5.74. The summed E-state index contributed by atoms with van der Waals surface area (Å²) in [4.78, 5) is 26.0. The first-order chi connectivity index (χ1) is 16.7. The van der Waals surface area contributed by atoms with Crippen LogP contribution in [0.4, 0.5) is 0 Å². The maximum atomic E-state index is 13.4. The molecule has 3 aliphatic rings. The molecule has 0 aromatic heterocycles. The molecule has 2 aromatic carbocycles. The van der Waals surface area contributed by atoms with E-state index in [-0.39, 0.29) is 23.5 Å². The summed E-state index contributed by atoms with van der Waals surface area (Å²) < 4.78 is 5.38. The number of carbonyl (C=O) groups is 2. The molecule has 3 heteroatoms. The van der Waals surface area contributed by atoms with Gasteiger partial charge < -0.3 is 4.74 Å². The number of benzene rings is 2. The van der Waals surface area contributed by atoms with Crippen molar-refractivity contribution in [3.63, 3.8) is 0 Å². The molecule has 5 rings (SSSR count). The molecule has 0 amide bonds. The summed E-state index contributed by atoms with van der Waals surface area (Å²) in [5.74, 6) is 0.778. The van der Waals surface area contributed by atoms with Crippen LogP contribution in [0.2, 0.25) is 0 Å². The summed E-state index contributed by atoms with van der Waals surface area (Å²) >= 11 is 0. The average molecular weight is 453 g/mol. The molecular weight excluding hydrogens is 420 g/mol. The van der Waals surface area contributed by atoms with E-state index in [4.69, 9.17) is 4.74 Å². The first-order valence-electron chi connectivity index (χ1n) is 12.5. The lowest BCUT2D eigenvalue weighted by atomic mass is 9.82. The van der Waals surface area contributed by atoms with Gasteiger partial charge in [-0.3, -0.25) is 9.59 Å². The van der Waals surface area contributed by atoms with Crippen molar-refractivity contribution in [3.05, 3.63) is 101 Å². The van der Waals surface area contributed by atoms with Crippen molar-refractivity contribution in [1.29, 1.82) is 0 Å². The van der Waals surface area contributed by atoms with Crippen LogP contribution < -0.4 is 0 Å². The first kappa shape index (κ1) is 22.7. The molecule has 2 atom stereocenters. The lowest BCUT2D eigenvalue weighted by Crippen LogP contribution is -2.23. The van der Waals surface area contributed by atoms with Crippen molar-refractivity contribution >= 4 is 17.1 Å². The fourth-order valence-electron chi connectivity index (χ4n) is 5.48. The lowest BCUT2D eigenvalue weighted by Gasteiger charge is -2.21. The van der Waals surface area contributed by atoms with Crippen LogP contribution in [0.15, 0.2) is 84.5 Å². The number of ketones is 2. The Morgan fingerprint density at radius 3 is 2.41 bits per heavy atom. The summed E-state index contributed by atoms with van der Waals surface area (Å²) in [6.07, 6.45) is 12.9. The highest BCUT2D eigenvalue weighted by atomic mass is 16.5. The molecule has 1 saturated heterocycles. The van der Waals surface area contributed by atoms with Gasteiger partial charge in [-0.25, -0.2) is 0 Å². The Bertz CT molecular complexity index is 1120. The van der Waals surface area contributed by atoms with Crippen molar-refractivity contribution in [2.75, 3.05) is 13.2 Å². The van der Waals surface area contributed by atoms with Crippen molar-refractivity contribution < 1.29 is 14.3 Å². The number of hydrogen-bond donors (Lipinski definition) is 0. The van der Waals surface area contributed by atoms with E-state index in [1.807, 2.05) is 18.2 Å². The van der Waals surface area contributed by atoms with Crippen molar-refractivity contribution in [2.24, 2.45) is 11.8 Å². The number of ether oxygens (including phenoxy) is 1. The topological polar surface area (TPSA) is 43.4 Å². The summed E-state index contributed by atoms with van der Waals surface area (Å²) in [5, 5.41) is 0. The highest BCUT2D eigenvalue weighted by Crippen LogP contribution is 2.44. The van der Waals surface area contributed by atoms with E-state index in [1.54, 1.807) is 0 Å². The smallest absolute Gasteiger partial charge is 0.166 e. The predicted octanol–water partition coefficient (Wildman–Crippen LogP) is 6.26. The van der Waals surface area contributed by atoms with Crippen molar-refractivity contribution in [2.45, 2.75) is 44.4 Å². The summed E-state index contributed by atoms with van der Waals surface area (Å²) in [6, 6.07) is 19.0. The predicted molar refractivity (Wildman–Crippen MR) is 135 cm³/mol. The zero-order chi connectivity index (χ0) is 23.3. The average Bonchev–Trinajstić information content (AvgIpc) is 3.59. The van der Waals surface area contributed by atoms with Gasteiger partial charge in [0.1, 0.15) is 5.78 Å². The molecule has 2 aromatic rings. The number of allylic oxidation sites excluding steroid dienone is 6. The van der Waals surface area contributed by atoms with Gasteiger partial charge in [-0.05, 0) is 59.9 Å². The van der Waals surface area contributed by atoms with Gasteiger partial charge in [-0.2, -0.15) is 0 Å². The standard InChI is InChI=1S/C31H32O3/c32-30(25-16-18-34-19-17-25)15-12-22-10-13-24(14-11-22)28-20-27(23-6-2-1-3-7-23)21-29(28)31(33)26-8-4-5-9-26/h1-8,10-11,13-14,21,25,28-29H,9,12,15-20H2. The van der Waals surface area contributed by atoms with E-state index in [9.17, 15) is 9.59 Å². The number of aryl methyl sites for hydroxylation is 1. The van der Waals surface area contributed by atoms with E-state index in [2.05, 4.69) is 60.7 Å². The molecule has 3 nitrogen and oxygen atoms in total. The van der Waals surface area contributed by atoms with Crippen LogP contribution in [0.25, 0.3) is 5.57 Å². The molecule has 2 unspecified atom stereocenters. The number of rotatable bonds is 8. The minimum atomic E-state index is -0.137. The molecule has 1 fully saturated rings. The first-order valence-corrected chi connectivity index (χ1v) is 12.5. The molecule has 0 radical (unpaired) electrons. The van der Waals surface area contributed by atoms with Crippen LogP contribution in [-0.4, -0.2) is 24.8 Å². The fraction of sp³-hybridized carbons (Fsp3) is 0.355. The molecular formula is C31H32O3. The van der Waals surface area contributed by atoms with E-state index in [0.29, 0.717) is 25.4 Å². The molecule has 0 N–H and O–H groups in total. The van der Waals surface area contributed by atoms with Crippen molar-refractivity contribution in [3.8, 4) is 0 Å². The number of Topliss-reactive ketones (excluding diaryl/α,β-unsaturated/α-hetero) is 2. The van der Waals surface area contributed by atoms with Crippen molar-refractivity contribution in [1.82, 2.24) is 0 Å². The zero-order valence-electron chi connectivity index (χ0n) is 19.6. The second kappa shape index (κ2) is 10.5.